The van der Waals surface area contributed by atoms with Crippen molar-refractivity contribution >= 4 is 23.2 Å². The molecule has 0 heterocycles. The minimum Gasteiger partial charge on any atom is -0.117 e. The molecule has 94 valence electrons. The van der Waals surface area contributed by atoms with Crippen LogP contribution >= 0.6 is 23.2 Å². The van der Waals surface area contributed by atoms with Gasteiger partial charge in [-0.05, 0) is 41.7 Å². The topological polar surface area (TPSA) is 0 Å². The minimum absolute atomic E-state index is 0.0112. The molecule has 0 spiro atoms. The molecule has 2 heteroatoms. The molecule has 0 aromatic heterocycles. The predicted octanol–water partition coefficient (Wildman–Crippen LogP) is 5.43. The van der Waals surface area contributed by atoms with Crippen LogP contribution in [0, 0.1) is 0 Å². The quantitative estimate of drug-likeness (QED) is 0.655. The molecule has 1 atom stereocenters. The lowest BCUT2D eigenvalue weighted by Crippen LogP contribution is -1.96. The SMILES string of the molecule is CCc1ccc(C(Cl)Cc2ccc(Cl)cc2)cc1. The van der Waals surface area contributed by atoms with Gasteiger partial charge in [0, 0.05) is 5.02 Å². The molecule has 0 amide bonds. The normalized spacial score (nSPS) is 12.4. The Bertz CT molecular complexity index is 486. The first-order valence-corrected chi connectivity index (χ1v) is 6.98. The van der Waals surface area contributed by atoms with Crippen LogP contribution < -0.4 is 0 Å². The summed E-state index contributed by atoms with van der Waals surface area (Å²) in [4.78, 5) is 0. The molecule has 0 N–H and O–H groups in total. The van der Waals surface area contributed by atoms with Crippen LogP contribution in [0.4, 0.5) is 0 Å². The van der Waals surface area contributed by atoms with Crippen molar-refractivity contribution in [1.82, 2.24) is 0 Å². The highest BCUT2D eigenvalue weighted by molar-refractivity contribution is 6.30. The zero-order valence-corrected chi connectivity index (χ0v) is 11.9. The van der Waals surface area contributed by atoms with Crippen LogP contribution in [0.2, 0.25) is 5.02 Å². The van der Waals surface area contributed by atoms with Gasteiger partial charge in [0.15, 0.2) is 0 Å². The Hall–Kier alpha value is -0.980. The number of alkyl halides is 1. The number of aryl methyl sites for hydroxylation is 1. The van der Waals surface area contributed by atoms with Crippen LogP contribution in [-0.2, 0) is 12.8 Å². The number of benzene rings is 2. The van der Waals surface area contributed by atoms with Crippen LogP contribution in [0.5, 0.6) is 0 Å². The summed E-state index contributed by atoms with van der Waals surface area (Å²) in [6.07, 6.45) is 1.88. The molecule has 0 fully saturated rings. The lowest BCUT2D eigenvalue weighted by Gasteiger charge is -2.10. The van der Waals surface area contributed by atoms with E-state index in [1.807, 2.05) is 24.3 Å². The summed E-state index contributed by atoms with van der Waals surface area (Å²) in [6.45, 7) is 2.15. The first-order valence-electron chi connectivity index (χ1n) is 6.16. The first kappa shape index (κ1) is 13.5. The van der Waals surface area contributed by atoms with Gasteiger partial charge in [0.1, 0.15) is 0 Å². The van der Waals surface area contributed by atoms with Crippen molar-refractivity contribution < 1.29 is 0 Å². The van der Waals surface area contributed by atoms with E-state index in [1.54, 1.807) is 0 Å². The van der Waals surface area contributed by atoms with Gasteiger partial charge in [0.2, 0.25) is 0 Å². The molecule has 1 unspecified atom stereocenters. The monoisotopic (exact) mass is 278 g/mol. The molecule has 0 radical (unpaired) electrons. The van der Waals surface area contributed by atoms with Gasteiger partial charge in [-0.25, -0.2) is 0 Å². The van der Waals surface area contributed by atoms with E-state index in [9.17, 15) is 0 Å². The van der Waals surface area contributed by atoms with Gasteiger partial charge in [-0.3, -0.25) is 0 Å². The number of hydrogen-bond acceptors (Lipinski definition) is 0. The fourth-order valence-corrected chi connectivity index (χ4v) is 2.36. The molecule has 0 aliphatic rings. The maximum atomic E-state index is 6.44. The van der Waals surface area contributed by atoms with Gasteiger partial charge in [0.05, 0.1) is 5.38 Å². The molecular weight excluding hydrogens is 263 g/mol. The summed E-state index contributed by atoms with van der Waals surface area (Å²) < 4.78 is 0. The van der Waals surface area contributed by atoms with Crippen molar-refractivity contribution in [3.63, 3.8) is 0 Å². The van der Waals surface area contributed by atoms with Crippen LogP contribution in [-0.4, -0.2) is 0 Å². The van der Waals surface area contributed by atoms with Crippen LogP contribution in [0.1, 0.15) is 29.0 Å². The number of halogens is 2. The lowest BCUT2D eigenvalue weighted by molar-refractivity contribution is 0.918. The summed E-state index contributed by atoms with van der Waals surface area (Å²) in [5.41, 5.74) is 3.72. The van der Waals surface area contributed by atoms with Crippen LogP contribution in [0.15, 0.2) is 48.5 Å². The summed E-state index contributed by atoms with van der Waals surface area (Å²) in [5, 5.41) is 0.772. The van der Waals surface area contributed by atoms with Crippen molar-refractivity contribution in [3.05, 3.63) is 70.2 Å². The second kappa shape index (κ2) is 6.26. The molecule has 0 bridgehead atoms. The molecule has 2 aromatic carbocycles. The summed E-state index contributed by atoms with van der Waals surface area (Å²) in [6, 6.07) is 16.4. The standard InChI is InChI=1S/C16H16Cl2/c1-2-12-3-7-14(8-4-12)16(18)11-13-5-9-15(17)10-6-13/h3-10,16H,2,11H2,1H3. The smallest absolute Gasteiger partial charge is 0.0625 e. The van der Waals surface area contributed by atoms with Gasteiger partial charge in [-0.1, -0.05) is 54.9 Å². The Morgan fingerprint density at radius 1 is 0.889 bits per heavy atom. The van der Waals surface area contributed by atoms with E-state index in [2.05, 4.69) is 31.2 Å². The average Bonchev–Trinajstić information content (AvgIpc) is 2.41. The molecular formula is C16H16Cl2. The van der Waals surface area contributed by atoms with Crippen molar-refractivity contribution in [1.29, 1.82) is 0 Å². The van der Waals surface area contributed by atoms with E-state index in [4.69, 9.17) is 23.2 Å². The summed E-state index contributed by atoms with van der Waals surface area (Å²) >= 11 is 12.3. The Morgan fingerprint density at radius 3 is 2.00 bits per heavy atom. The fraction of sp³-hybridized carbons (Fsp3) is 0.250. The number of rotatable bonds is 4. The van der Waals surface area contributed by atoms with Crippen molar-refractivity contribution in [2.45, 2.75) is 25.1 Å². The molecule has 0 aliphatic heterocycles. The van der Waals surface area contributed by atoms with Crippen molar-refractivity contribution in [2.75, 3.05) is 0 Å². The van der Waals surface area contributed by atoms with E-state index in [0.717, 1.165) is 17.9 Å². The Balaban J connectivity index is 2.06. The molecule has 18 heavy (non-hydrogen) atoms. The van der Waals surface area contributed by atoms with Gasteiger partial charge in [0.25, 0.3) is 0 Å². The van der Waals surface area contributed by atoms with Gasteiger partial charge in [-0.15, -0.1) is 11.6 Å². The highest BCUT2D eigenvalue weighted by Crippen LogP contribution is 2.26. The zero-order chi connectivity index (χ0) is 13.0. The van der Waals surface area contributed by atoms with E-state index in [1.165, 1.54) is 16.7 Å². The molecule has 2 rings (SSSR count). The van der Waals surface area contributed by atoms with Crippen LogP contribution in [0.25, 0.3) is 0 Å². The second-order valence-corrected chi connectivity index (χ2v) is 5.36. The van der Waals surface area contributed by atoms with Crippen molar-refractivity contribution in [2.24, 2.45) is 0 Å². The van der Waals surface area contributed by atoms with E-state index in [-0.39, 0.29) is 5.38 Å². The van der Waals surface area contributed by atoms with Crippen molar-refractivity contribution in [3.8, 4) is 0 Å². The fourth-order valence-electron chi connectivity index (χ4n) is 1.91. The second-order valence-electron chi connectivity index (χ2n) is 4.39. The maximum Gasteiger partial charge on any atom is 0.0625 e. The highest BCUT2D eigenvalue weighted by atomic mass is 35.5. The van der Waals surface area contributed by atoms with Gasteiger partial charge < -0.3 is 0 Å². The lowest BCUT2D eigenvalue weighted by atomic mass is 10.0. The minimum atomic E-state index is 0.0112. The van der Waals surface area contributed by atoms with E-state index < -0.39 is 0 Å². The Morgan fingerprint density at radius 2 is 1.44 bits per heavy atom. The largest absolute Gasteiger partial charge is 0.117 e. The Kier molecular flexibility index (Phi) is 4.68. The van der Waals surface area contributed by atoms with E-state index in [0.29, 0.717) is 0 Å². The third-order valence-corrected chi connectivity index (χ3v) is 3.74. The van der Waals surface area contributed by atoms with Gasteiger partial charge in [-0.2, -0.15) is 0 Å². The van der Waals surface area contributed by atoms with Crippen LogP contribution in [0.3, 0.4) is 0 Å². The molecule has 0 aliphatic carbocycles. The number of hydrogen-bond donors (Lipinski definition) is 0. The molecule has 2 aromatic rings. The maximum absolute atomic E-state index is 6.44. The third-order valence-electron chi connectivity index (χ3n) is 3.08. The van der Waals surface area contributed by atoms with E-state index >= 15 is 0 Å². The highest BCUT2D eigenvalue weighted by Gasteiger charge is 2.08. The summed E-state index contributed by atoms with van der Waals surface area (Å²) in [5.74, 6) is 0. The van der Waals surface area contributed by atoms with Gasteiger partial charge >= 0.3 is 0 Å². The molecule has 0 nitrogen and oxygen atoms in total. The molecule has 0 saturated carbocycles. The first-order chi connectivity index (χ1) is 8.69. The summed E-state index contributed by atoms with van der Waals surface area (Å²) in [7, 11) is 0. The zero-order valence-electron chi connectivity index (χ0n) is 10.4. The predicted molar refractivity (Wildman–Crippen MR) is 79.6 cm³/mol. The third kappa shape index (κ3) is 3.51. The Labute approximate surface area is 119 Å². The average molecular weight is 279 g/mol. The molecule has 0 saturated heterocycles.